The van der Waals surface area contributed by atoms with Crippen molar-refractivity contribution in [1.29, 1.82) is 0 Å². The Hall–Kier alpha value is -3.03. The van der Waals surface area contributed by atoms with Gasteiger partial charge in [-0.2, -0.15) is 5.10 Å². The van der Waals surface area contributed by atoms with Crippen LogP contribution in [0, 0.1) is 11.6 Å². The molecule has 0 aliphatic carbocycles. The number of aromatic nitrogens is 3. The highest BCUT2D eigenvalue weighted by molar-refractivity contribution is 5.91. The number of halogens is 2. The number of carboxylic acid groups (broad SMARTS) is 1. The van der Waals surface area contributed by atoms with Crippen molar-refractivity contribution in [2.24, 2.45) is 0 Å². The Kier molecular flexibility index (Phi) is 2.79. The fourth-order valence-corrected chi connectivity index (χ4v) is 2.01. The Balaban J connectivity index is 2.34. The molecule has 0 radical (unpaired) electrons. The number of carbonyl (C=O) groups is 1. The lowest BCUT2D eigenvalue weighted by atomic mass is 10.2. The van der Waals surface area contributed by atoms with Gasteiger partial charge in [-0.25, -0.2) is 18.3 Å². The van der Waals surface area contributed by atoms with Gasteiger partial charge in [0.25, 0.3) is 5.56 Å². The molecule has 1 aromatic carbocycles. The molecule has 106 valence electrons. The summed E-state index contributed by atoms with van der Waals surface area (Å²) in [5.41, 5.74) is -1.80. The van der Waals surface area contributed by atoms with Crippen molar-refractivity contribution in [3.05, 3.63) is 58.0 Å². The molecule has 0 unspecified atom stereocenters. The summed E-state index contributed by atoms with van der Waals surface area (Å²) in [5.74, 6) is -3.12. The fraction of sp³-hybridized carbons (Fsp3) is 0. The smallest absolute Gasteiger partial charge is 0.341 e. The molecule has 3 rings (SSSR count). The number of nitrogens with one attached hydrogen (secondary N) is 1. The average molecular weight is 291 g/mol. The standard InChI is InChI=1S/C13H7F2N3O3/c14-8-2-1-3-9(15)10(8)18-11-6(5-16-18)4-7(13(20)21)12(19)17-11/h1-5H,(H,17,19)(H,20,21). The number of pyridine rings is 1. The molecule has 0 spiro atoms. The van der Waals surface area contributed by atoms with Gasteiger partial charge in [0.2, 0.25) is 0 Å². The van der Waals surface area contributed by atoms with Crippen LogP contribution in [-0.4, -0.2) is 25.8 Å². The number of aromatic amines is 1. The third-order valence-corrected chi connectivity index (χ3v) is 2.95. The van der Waals surface area contributed by atoms with Gasteiger partial charge in [0.15, 0.2) is 11.6 Å². The molecule has 3 aromatic rings. The molecular weight excluding hydrogens is 284 g/mol. The van der Waals surface area contributed by atoms with Crippen LogP contribution in [0.25, 0.3) is 16.7 Å². The number of H-pyrrole nitrogens is 1. The first kappa shape index (κ1) is 13.0. The lowest BCUT2D eigenvalue weighted by Crippen LogP contribution is -2.18. The van der Waals surface area contributed by atoms with Crippen LogP contribution < -0.4 is 5.56 Å². The average Bonchev–Trinajstić information content (AvgIpc) is 2.80. The highest BCUT2D eigenvalue weighted by atomic mass is 19.1. The largest absolute Gasteiger partial charge is 0.477 e. The van der Waals surface area contributed by atoms with E-state index in [1.54, 1.807) is 0 Å². The van der Waals surface area contributed by atoms with Crippen LogP contribution in [0.15, 0.2) is 35.3 Å². The predicted molar refractivity (Wildman–Crippen MR) is 68.6 cm³/mol. The molecule has 21 heavy (non-hydrogen) atoms. The lowest BCUT2D eigenvalue weighted by Gasteiger charge is -2.06. The summed E-state index contributed by atoms with van der Waals surface area (Å²) in [7, 11) is 0. The fourth-order valence-electron chi connectivity index (χ4n) is 2.01. The van der Waals surface area contributed by atoms with Gasteiger partial charge in [-0.05, 0) is 18.2 Å². The van der Waals surface area contributed by atoms with Gasteiger partial charge in [-0.1, -0.05) is 6.07 Å². The van der Waals surface area contributed by atoms with Crippen molar-refractivity contribution < 1.29 is 18.7 Å². The van der Waals surface area contributed by atoms with Gasteiger partial charge < -0.3 is 10.1 Å². The van der Waals surface area contributed by atoms with Crippen LogP contribution in [0.3, 0.4) is 0 Å². The van der Waals surface area contributed by atoms with Crippen LogP contribution in [0.1, 0.15) is 10.4 Å². The van der Waals surface area contributed by atoms with E-state index in [4.69, 9.17) is 5.11 Å². The Morgan fingerprint density at radius 2 is 1.95 bits per heavy atom. The Bertz CT molecular complexity index is 910. The van der Waals surface area contributed by atoms with Crippen LogP contribution >= 0.6 is 0 Å². The van der Waals surface area contributed by atoms with E-state index in [0.717, 1.165) is 22.9 Å². The minimum absolute atomic E-state index is 0.00833. The van der Waals surface area contributed by atoms with Gasteiger partial charge in [0, 0.05) is 5.39 Å². The first-order valence-electron chi connectivity index (χ1n) is 5.78. The summed E-state index contributed by atoms with van der Waals surface area (Å²) >= 11 is 0. The molecule has 0 amide bonds. The maximum atomic E-state index is 13.8. The number of nitrogens with zero attached hydrogens (tertiary/aromatic N) is 2. The molecule has 0 saturated heterocycles. The SMILES string of the molecule is O=C(O)c1cc2cnn(-c3c(F)cccc3F)c2[nH]c1=O. The molecule has 6 nitrogen and oxygen atoms in total. The molecule has 8 heteroatoms. The zero-order chi connectivity index (χ0) is 15.1. The quantitative estimate of drug-likeness (QED) is 0.752. The predicted octanol–water partition coefficient (Wildman–Crippen LogP) is 1.69. The number of rotatable bonds is 2. The van der Waals surface area contributed by atoms with Crippen molar-refractivity contribution in [1.82, 2.24) is 14.8 Å². The van der Waals surface area contributed by atoms with Crippen molar-refractivity contribution >= 4 is 17.0 Å². The van der Waals surface area contributed by atoms with E-state index in [0.29, 0.717) is 0 Å². The van der Waals surface area contributed by atoms with Crippen LogP contribution in [0.2, 0.25) is 0 Å². The Morgan fingerprint density at radius 1 is 1.29 bits per heavy atom. The number of hydrogen-bond acceptors (Lipinski definition) is 3. The van der Waals surface area contributed by atoms with Crippen LogP contribution in [0.4, 0.5) is 8.78 Å². The minimum atomic E-state index is -1.40. The summed E-state index contributed by atoms with van der Waals surface area (Å²) in [6, 6.07) is 4.40. The Morgan fingerprint density at radius 3 is 2.57 bits per heavy atom. The molecule has 0 aliphatic rings. The van der Waals surface area contributed by atoms with E-state index in [1.165, 1.54) is 12.3 Å². The molecule has 2 N–H and O–H groups in total. The molecule has 0 saturated carbocycles. The monoisotopic (exact) mass is 291 g/mol. The highest BCUT2D eigenvalue weighted by Crippen LogP contribution is 2.21. The van der Waals surface area contributed by atoms with Gasteiger partial charge >= 0.3 is 5.97 Å². The molecule has 0 fully saturated rings. The Labute approximate surface area is 115 Å². The lowest BCUT2D eigenvalue weighted by molar-refractivity contribution is 0.0695. The summed E-state index contributed by atoms with van der Waals surface area (Å²) in [6.07, 6.45) is 1.21. The van der Waals surface area contributed by atoms with E-state index in [-0.39, 0.29) is 11.0 Å². The first-order chi connectivity index (χ1) is 9.99. The summed E-state index contributed by atoms with van der Waals surface area (Å²) in [4.78, 5) is 24.8. The van der Waals surface area contributed by atoms with Gasteiger partial charge in [0.05, 0.1) is 6.20 Å². The van der Waals surface area contributed by atoms with Crippen molar-refractivity contribution in [3.63, 3.8) is 0 Å². The summed E-state index contributed by atoms with van der Waals surface area (Å²) < 4.78 is 28.4. The molecule has 0 bridgehead atoms. The van der Waals surface area contributed by atoms with Crippen LogP contribution in [-0.2, 0) is 0 Å². The number of aromatic carboxylic acids is 1. The van der Waals surface area contributed by atoms with E-state index < -0.39 is 34.4 Å². The van der Waals surface area contributed by atoms with Crippen molar-refractivity contribution in [2.75, 3.05) is 0 Å². The van der Waals surface area contributed by atoms with Crippen LogP contribution in [0.5, 0.6) is 0 Å². The molecule has 2 heterocycles. The molecule has 0 atom stereocenters. The second-order valence-corrected chi connectivity index (χ2v) is 4.25. The zero-order valence-corrected chi connectivity index (χ0v) is 10.3. The number of carboxylic acids is 1. The highest BCUT2D eigenvalue weighted by Gasteiger charge is 2.17. The normalized spacial score (nSPS) is 11.0. The van der Waals surface area contributed by atoms with E-state index in [2.05, 4.69) is 10.1 Å². The number of fused-ring (bicyclic) bond motifs is 1. The molecule has 2 aromatic heterocycles. The first-order valence-corrected chi connectivity index (χ1v) is 5.78. The van der Waals surface area contributed by atoms with Gasteiger partial charge in [-0.3, -0.25) is 4.79 Å². The van der Waals surface area contributed by atoms with Crippen molar-refractivity contribution in [3.8, 4) is 5.69 Å². The minimum Gasteiger partial charge on any atom is -0.477 e. The van der Waals surface area contributed by atoms with E-state index >= 15 is 0 Å². The number of para-hydroxylation sites is 1. The van der Waals surface area contributed by atoms with Crippen molar-refractivity contribution in [2.45, 2.75) is 0 Å². The van der Waals surface area contributed by atoms with Gasteiger partial charge in [-0.15, -0.1) is 0 Å². The third-order valence-electron chi connectivity index (χ3n) is 2.95. The number of benzene rings is 1. The second-order valence-electron chi connectivity index (χ2n) is 4.25. The number of hydrogen-bond donors (Lipinski definition) is 2. The third kappa shape index (κ3) is 1.97. The maximum absolute atomic E-state index is 13.8. The second kappa shape index (κ2) is 4.51. The van der Waals surface area contributed by atoms with E-state index in [1.807, 2.05) is 0 Å². The summed E-state index contributed by atoms with van der Waals surface area (Å²) in [5, 5.41) is 12.9. The molecule has 0 aliphatic heterocycles. The summed E-state index contributed by atoms with van der Waals surface area (Å²) in [6.45, 7) is 0. The zero-order valence-electron chi connectivity index (χ0n) is 10.3. The van der Waals surface area contributed by atoms with Gasteiger partial charge in [0.1, 0.15) is 16.9 Å². The molecular formula is C13H7F2N3O3. The van der Waals surface area contributed by atoms with E-state index in [9.17, 15) is 18.4 Å². The topological polar surface area (TPSA) is 88.0 Å². The maximum Gasteiger partial charge on any atom is 0.341 e.